The molecule has 0 saturated carbocycles. The van der Waals surface area contributed by atoms with Gasteiger partial charge in [0.1, 0.15) is 23.4 Å². The predicted molar refractivity (Wildman–Crippen MR) is 137 cm³/mol. The second-order valence-electron chi connectivity index (χ2n) is 10.6. The fraction of sp³-hybridized carbons (Fsp3) is 0.500. The molecule has 3 heterocycles. The molecule has 1 aromatic heterocycles. The van der Waals surface area contributed by atoms with Crippen LogP contribution in [0.25, 0.3) is 17.0 Å². The Kier molecular flexibility index (Phi) is 7.45. The lowest BCUT2D eigenvalue weighted by atomic mass is 9.95. The number of carbonyl (C=O) groups excluding carboxylic acids is 1. The van der Waals surface area contributed by atoms with Crippen molar-refractivity contribution in [1.29, 1.82) is 0 Å². The van der Waals surface area contributed by atoms with Crippen molar-refractivity contribution >= 4 is 23.1 Å². The molecule has 194 valence electrons. The number of benzene rings is 1. The highest BCUT2D eigenvalue weighted by Crippen LogP contribution is 2.32. The summed E-state index contributed by atoms with van der Waals surface area (Å²) < 4.78 is 28.8. The normalized spacial score (nSPS) is 23.6. The molecule has 0 aliphatic carbocycles. The van der Waals surface area contributed by atoms with Crippen molar-refractivity contribution in [2.24, 2.45) is 0 Å². The van der Waals surface area contributed by atoms with Crippen molar-refractivity contribution in [3.05, 3.63) is 54.1 Å². The molecule has 0 unspecified atom stereocenters. The first kappa shape index (κ1) is 25.8. The zero-order chi connectivity index (χ0) is 25.9. The van der Waals surface area contributed by atoms with E-state index in [9.17, 15) is 4.79 Å². The summed E-state index contributed by atoms with van der Waals surface area (Å²) in [7, 11) is 1.63. The van der Waals surface area contributed by atoms with Gasteiger partial charge in [-0.05, 0) is 51.3 Å². The number of nitrogens with one attached hydrogen (secondary N) is 1. The first-order chi connectivity index (χ1) is 17.0. The molecule has 36 heavy (non-hydrogen) atoms. The van der Waals surface area contributed by atoms with Gasteiger partial charge in [0.05, 0.1) is 37.1 Å². The topological polar surface area (TPSA) is 88.1 Å². The molecule has 1 N–H and O–H groups in total. The van der Waals surface area contributed by atoms with Crippen LogP contribution in [0, 0.1) is 0 Å². The number of ether oxygens (including phenoxy) is 5. The number of carbonyl (C=O) groups is 1. The SMILES string of the molecule is COc1cnc2cccc(/C=C/[C@@H]3CC[C@@H](NC(=O)OC(C)(C)C)[C@@H](CC4=COC(C)(C)O4)O3)c2c1. The van der Waals surface area contributed by atoms with Gasteiger partial charge in [-0.3, -0.25) is 4.98 Å². The van der Waals surface area contributed by atoms with E-state index in [-0.39, 0.29) is 18.2 Å². The van der Waals surface area contributed by atoms with E-state index in [4.69, 9.17) is 23.7 Å². The van der Waals surface area contributed by atoms with Gasteiger partial charge in [-0.2, -0.15) is 0 Å². The Morgan fingerprint density at radius 1 is 1.28 bits per heavy atom. The number of alkyl carbamates (subject to hydrolysis) is 1. The Labute approximate surface area is 212 Å². The molecule has 2 aliphatic rings. The molecule has 2 aliphatic heterocycles. The Morgan fingerprint density at radius 2 is 2.08 bits per heavy atom. The highest BCUT2D eigenvalue weighted by Gasteiger charge is 2.36. The minimum Gasteiger partial charge on any atom is -0.495 e. The summed E-state index contributed by atoms with van der Waals surface area (Å²) in [6.45, 7) is 9.24. The monoisotopic (exact) mass is 496 g/mol. The van der Waals surface area contributed by atoms with Gasteiger partial charge in [0.2, 0.25) is 5.79 Å². The lowest BCUT2D eigenvalue weighted by Gasteiger charge is -2.36. The standard InChI is InChI=1S/C28H36N2O6/c1-27(2,3)36-26(31)30-24-13-12-19(34-25(24)15-21-17-33-28(4,5)35-21)11-10-18-8-7-9-23-22(18)14-20(32-6)16-29-23/h7-11,14,16-17,19,24-25H,12-13,15H2,1-6H3,(H,30,31)/b11-10+/t19-,24-,25-/m1/s1. The molecule has 3 atom stereocenters. The van der Waals surface area contributed by atoms with E-state index in [1.54, 1.807) is 19.6 Å². The zero-order valence-corrected chi connectivity index (χ0v) is 21.9. The number of nitrogens with zero attached hydrogens (tertiary/aromatic N) is 1. The van der Waals surface area contributed by atoms with Crippen molar-refractivity contribution in [3.63, 3.8) is 0 Å². The van der Waals surface area contributed by atoms with E-state index >= 15 is 0 Å². The highest BCUT2D eigenvalue weighted by molar-refractivity contribution is 5.88. The summed E-state index contributed by atoms with van der Waals surface area (Å²) in [6.07, 6.45) is 8.55. The number of amides is 1. The van der Waals surface area contributed by atoms with Crippen LogP contribution >= 0.6 is 0 Å². The van der Waals surface area contributed by atoms with Gasteiger partial charge < -0.3 is 29.0 Å². The number of pyridine rings is 1. The number of hydrogen-bond donors (Lipinski definition) is 1. The Bertz CT molecular complexity index is 1150. The summed E-state index contributed by atoms with van der Waals surface area (Å²) in [5, 5.41) is 4.00. The molecule has 8 nitrogen and oxygen atoms in total. The number of fused-ring (bicyclic) bond motifs is 1. The molecule has 0 radical (unpaired) electrons. The van der Waals surface area contributed by atoms with Crippen LogP contribution in [0.2, 0.25) is 0 Å². The Morgan fingerprint density at radius 3 is 2.78 bits per heavy atom. The summed E-state index contributed by atoms with van der Waals surface area (Å²) in [5.74, 6) is 0.696. The average Bonchev–Trinajstić information content (AvgIpc) is 3.15. The third-order valence-electron chi connectivity index (χ3n) is 5.98. The Hall–Kier alpha value is -3.26. The van der Waals surface area contributed by atoms with Crippen molar-refractivity contribution in [3.8, 4) is 5.75 Å². The molecule has 1 fully saturated rings. The van der Waals surface area contributed by atoms with E-state index in [1.807, 2.05) is 58.9 Å². The minimum absolute atomic E-state index is 0.128. The molecule has 0 spiro atoms. The Balaban J connectivity index is 1.49. The van der Waals surface area contributed by atoms with Gasteiger partial charge >= 0.3 is 6.09 Å². The van der Waals surface area contributed by atoms with Crippen molar-refractivity contribution in [2.75, 3.05) is 7.11 Å². The van der Waals surface area contributed by atoms with Crippen LogP contribution in [-0.4, -0.2) is 47.8 Å². The quantitative estimate of drug-likeness (QED) is 0.548. The fourth-order valence-corrected chi connectivity index (χ4v) is 4.35. The van der Waals surface area contributed by atoms with Gasteiger partial charge in [-0.1, -0.05) is 24.3 Å². The van der Waals surface area contributed by atoms with E-state index < -0.39 is 17.5 Å². The molecule has 1 amide bonds. The lowest BCUT2D eigenvalue weighted by molar-refractivity contribution is -0.123. The second kappa shape index (κ2) is 10.4. The van der Waals surface area contributed by atoms with Crippen LogP contribution in [0.1, 0.15) is 59.4 Å². The minimum atomic E-state index is -0.707. The molecule has 0 bridgehead atoms. The number of methoxy groups -OCH3 is 1. The molecule has 1 aromatic carbocycles. The summed E-state index contributed by atoms with van der Waals surface area (Å²) in [4.78, 5) is 17.0. The van der Waals surface area contributed by atoms with E-state index in [1.165, 1.54) is 0 Å². The van der Waals surface area contributed by atoms with Crippen LogP contribution in [-0.2, 0) is 18.9 Å². The zero-order valence-electron chi connectivity index (χ0n) is 21.9. The van der Waals surface area contributed by atoms with Gasteiger partial charge in [-0.25, -0.2) is 4.79 Å². The second-order valence-corrected chi connectivity index (χ2v) is 10.6. The maximum Gasteiger partial charge on any atom is 0.407 e. The number of rotatable bonds is 6. The maximum atomic E-state index is 12.5. The maximum absolute atomic E-state index is 12.5. The van der Waals surface area contributed by atoms with Gasteiger partial charge in [0.25, 0.3) is 0 Å². The van der Waals surface area contributed by atoms with Crippen LogP contribution in [0.15, 0.2) is 48.6 Å². The van der Waals surface area contributed by atoms with Crippen LogP contribution < -0.4 is 10.1 Å². The van der Waals surface area contributed by atoms with E-state index in [2.05, 4.69) is 22.5 Å². The van der Waals surface area contributed by atoms with Gasteiger partial charge in [0.15, 0.2) is 0 Å². The highest BCUT2D eigenvalue weighted by atomic mass is 16.7. The van der Waals surface area contributed by atoms with Crippen molar-refractivity contribution in [1.82, 2.24) is 10.3 Å². The van der Waals surface area contributed by atoms with Crippen LogP contribution in [0.3, 0.4) is 0 Å². The summed E-state index contributed by atoms with van der Waals surface area (Å²) in [5.41, 5.74) is 1.35. The van der Waals surface area contributed by atoms with E-state index in [0.717, 1.165) is 29.3 Å². The summed E-state index contributed by atoms with van der Waals surface area (Å²) in [6, 6.07) is 7.77. The van der Waals surface area contributed by atoms with Gasteiger partial charge in [0, 0.05) is 25.7 Å². The fourth-order valence-electron chi connectivity index (χ4n) is 4.35. The third-order valence-corrected chi connectivity index (χ3v) is 5.98. The van der Waals surface area contributed by atoms with Gasteiger partial charge in [-0.15, -0.1) is 0 Å². The molecule has 4 rings (SSSR count). The van der Waals surface area contributed by atoms with Crippen molar-refractivity contribution < 1.29 is 28.5 Å². The first-order valence-electron chi connectivity index (χ1n) is 12.3. The summed E-state index contributed by atoms with van der Waals surface area (Å²) >= 11 is 0. The molecule has 8 heteroatoms. The molecule has 2 aromatic rings. The number of aromatic nitrogens is 1. The van der Waals surface area contributed by atoms with E-state index in [0.29, 0.717) is 17.9 Å². The van der Waals surface area contributed by atoms with Crippen molar-refractivity contribution in [2.45, 2.75) is 83.5 Å². The smallest absolute Gasteiger partial charge is 0.407 e. The largest absolute Gasteiger partial charge is 0.495 e. The molecule has 1 saturated heterocycles. The molecular weight excluding hydrogens is 460 g/mol. The number of hydrogen-bond acceptors (Lipinski definition) is 7. The lowest BCUT2D eigenvalue weighted by Crippen LogP contribution is -2.50. The van der Waals surface area contributed by atoms with Crippen LogP contribution in [0.4, 0.5) is 4.79 Å². The average molecular weight is 497 g/mol. The third kappa shape index (κ3) is 6.69. The first-order valence-corrected chi connectivity index (χ1v) is 12.3. The van der Waals surface area contributed by atoms with Crippen LogP contribution in [0.5, 0.6) is 5.75 Å². The predicted octanol–water partition coefficient (Wildman–Crippen LogP) is 5.71. The molecular formula is C28H36N2O6.